The van der Waals surface area contributed by atoms with Gasteiger partial charge in [0, 0.05) is 17.0 Å². The number of unbranched alkanes of at least 4 members (excludes halogenated alkanes) is 1. The summed E-state index contributed by atoms with van der Waals surface area (Å²) in [5.41, 5.74) is 4.37. The molecule has 156 valence electrons. The van der Waals surface area contributed by atoms with Crippen LogP contribution in [0.1, 0.15) is 68.5 Å². The molecule has 2 aromatic rings. The van der Waals surface area contributed by atoms with Crippen molar-refractivity contribution in [2.24, 2.45) is 16.3 Å². The molecule has 1 aliphatic carbocycles. The summed E-state index contributed by atoms with van der Waals surface area (Å²) in [6.45, 7) is 9.71. The van der Waals surface area contributed by atoms with Gasteiger partial charge >= 0.3 is 0 Å². The van der Waals surface area contributed by atoms with Crippen LogP contribution in [0.5, 0.6) is 0 Å². The van der Waals surface area contributed by atoms with Crippen LogP contribution in [0, 0.1) is 22.7 Å². The number of carbonyl (C=O) groups is 1. The molecular formula is C25H29N3OS. The van der Waals surface area contributed by atoms with Crippen molar-refractivity contribution in [1.82, 2.24) is 0 Å². The van der Waals surface area contributed by atoms with Crippen LogP contribution in [0.3, 0.4) is 0 Å². The van der Waals surface area contributed by atoms with Gasteiger partial charge in [-0.05, 0) is 48.6 Å². The number of aliphatic imine (C=N–C) groups is 1. The summed E-state index contributed by atoms with van der Waals surface area (Å²) in [5.74, 6) is 0.557. The quantitative estimate of drug-likeness (QED) is 0.607. The second-order valence-corrected chi connectivity index (χ2v) is 10.5. The molecule has 5 heteroatoms. The van der Waals surface area contributed by atoms with E-state index in [4.69, 9.17) is 4.99 Å². The number of fused-ring (bicyclic) bond motifs is 2. The minimum absolute atomic E-state index is 0.0486. The molecule has 0 radical (unpaired) electrons. The van der Waals surface area contributed by atoms with Crippen molar-refractivity contribution < 1.29 is 4.79 Å². The summed E-state index contributed by atoms with van der Waals surface area (Å²) >= 11 is 1.61. The Morgan fingerprint density at radius 1 is 1.30 bits per heavy atom. The zero-order valence-electron chi connectivity index (χ0n) is 18.3. The van der Waals surface area contributed by atoms with Crippen LogP contribution in [0.25, 0.3) is 0 Å². The van der Waals surface area contributed by atoms with Crippen LogP contribution in [-0.2, 0) is 17.6 Å². The van der Waals surface area contributed by atoms with Gasteiger partial charge in [0.15, 0.2) is 0 Å². The number of amides is 1. The van der Waals surface area contributed by atoms with E-state index in [0.717, 1.165) is 48.9 Å². The zero-order chi connectivity index (χ0) is 21.5. The van der Waals surface area contributed by atoms with Gasteiger partial charge in [0.05, 0.1) is 11.3 Å². The van der Waals surface area contributed by atoms with E-state index in [-0.39, 0.29) is 11.3 Å². The molecule has 0 spiro atoms. The molecule has 1 aromatic heterocycles. The van der Waals surface area contributed by atoms with Gasteiger partial charge in [-0.25, -0.2) is 4.99 Å². The number of hydrogen-bond donors (Lipinski definition) is 0. The number of anilines is 1. The van der Waals surface area contributed by atoms with E-state index in [1.807, 2.05) is 29.2 Å². The number of carbonyl (C=O) groups excluding carboxylic acids is 1. The summed E-state index contributed by atoms with van der Waals surface area (Å²) in [7, 11) is 0. The zero-order valence-corrected chi connectivity index (χ0v) is 19.1. The Morgan fingerprint density at radius 3 is 2.77 bits per heavy atom. The maximum absolute atomic E-state index is 13.2. The van der Waals surface area contributed by atoms with Gasteiger partial charge < -0.3 is 4.90 Å². The molecule has 2 heterocycles. The maximum atomic E-state index is 13.2. The summed E-state index contributed by atoms with van der Waals surface area (Å²) in [5, 5.41) is 10.6. The summed E-state index contributed by atoms with van der Waals surface area (Å²) < 4.78 is 0. The number of nitriles is 1. The van der Waals surface area contributed by atoms with Crippen molar-refractivity contribution in [2.75, 3.05) is 11.4 Å². The molecule has 1 aromatic carbocycles. The lowest BCUT2D eigenvalue weighted by Crippen LogP contribution is -2.30. The molecular weight excluding hydrogens is 390 g/mol. The van der Waals surface area contributed by atoms with Gasteiger partial charge in [-0.2, -0.15) is 5.26 Å². The largest absolute Gasteiger partial charge is 0.306 e. The minimum atomic E-state index is -0.0486. The Hall–Kier alpha value is -2.45. The minimum Gasteiger partial charge on any atom is -0.306 e. The Labute approximate surface area is 183 Å². The standard InChI is InChI=1S/C25H29N3OS/c1-5-6-13-28-20-10-8-7-9-18(20)22(24(28)29)27-23-19(15-26)17-12-11-16(25(2,3)4)14-21(17)30-23/h7-10,16H,5-6,11-14H2,1-4H3/t16-/m1/s1. The first-order chi connectivity index (χ1) is 14.3. The smallest absolute Gasteiger partial charge is 0.277 e. The van der Waals surface area contributed by atoms with E-state index in [1.54, 1.807) is 11.3 Å². The SMILES string of the molecule is CCCCN1C(=O)C(=Nc2sc3c(c2C#N)CC[C@@H](C(C)(C)C)C3)c2ccccc21. The number of hydrogen-bond acceptors (Lipinski definition) is 4. The van der Waals surface area contributed by atoms with Crippen LogP contribution in [0.4, 0.5) is 10.7 Å². The van der Waals surface area contributed by atoms with Crippen LogP contribution in [0.15, 0.2) is 29.3 Å². The number of benzene rings is 1. The van der Waals surface area contributed by atoms with Crippen LogP contribution in [0.2, 0.25) is 0 Å². The van der Waals surface area contributed by atoms with E-state index < -0.39 is 0 Å². The highest BCUT2D eigenvalue weighted by Gasteiger charge is 2.35. The van der Waals surface area contributed by atoms with E-state index in [2.05, 4.69) is 33.8 Å². The highest BCUT2D eigenvalue weighted by Crippen LogP contribution is 2.45. The Bertz CT molecular complexity index is 1050. The average molecular weight is 420 g/mol. The third-order valence-corrected chi connectivity index (χ3v) is 7.58. The Kier molecular flexibility index (Phi) is 5.55. The summed E-state index contributed by atoms with van der Waals surface area (Å²) in [4.78, 5) is 21.2. The topological polar surface area (TPSA) is 56.5 Å². The molecule has 2 aliphatic rings. The second-order valence-electron chi connectivity index (χ2n) is 9.39. The predicted molar refractivity (Wildman–Crippen MR) is 124 cm³/mol. The van der Waals surface area contributed by atoms with Gasteiger partial charge in [0.1, 0.15) is 16.8 Å². The lowest BCUT2D eigenvalue weighted by atomic mass is 9.72. The molecule has 0 bridgehead atoms. The number of para-hydroxylation sites is 1. The van der Waals surface area contributed by atoms with E-state index in [9.17, 15) is 10.1 Å². The molecule has 0 N–H and O–H groups in total. The lowest BCUT2D eigenvalue weighted by Gasteiger charge is -2.33. The molecule has 0 unspecified atom stereocenters. The maximum Gasteiger partial charge on any atom is 0.277 e. The van der Waals surface area contributed by atoms with Gasteiger partial charge in [-0.1, -0.05) is 52.3 Å². The number of thiophene rings is 1. The molecule has 1 aliphatic heterocycles. The molecule has 4 nitrogen and oxygen atoms in total. The van der Waals surface area contributed by atoms with Crippen molar-refractivity contribution in [3.8, 4) is 6.07 Å². The van der Waals surface area contributed by atoms with E-state index in [0.29, 0.717) is 28.7 Å². The van der Waals surface area contributed by atoms with Crippen molar-refractivity contribution in [3.05, 3.63) is 45.8 Å². The number of nitrogens with zero attached hydrogens (tertiary/aromatic N) is 3. The van der Waals surface area contributed by atoms with Crippen LogP contribution >= 0.6 is 11.3 Å². The van der Waals surface area contributed by atoms with Crippen molar-refractivity contribution >= 4 is 33.6 Å². The van der Waals surface area contributed by atoms with E-state index >= 15 is 0 Å². The van der Waals surface area contributed by atoms with E-state index in [1.165, 1.54) is 4.88 Å². The van der Waals surface area contributed by atoms with Gasteiger partial charge in [0.2, 0.25) is 0 Å². The first-order valence-corrected chi connectivity index (χ1v) is 11.7. The fourth-order valence-corrected chi connectivity index (χ4v) is 5.77. The molecule has 30 heavy (non-hydrogen) atoms. The second kappa shape index (κ2) is 8.00. The third kappa shape index (κ3) is 3.58. The highest BCUT2D eigenvalue weighted by atomic mass is 32.1. The summed E-state index contributed by atoms with van der Waals surface area (Å²) in [6, 6.07) is 10.3. The fraction of sp³-hybridized carbons (Fsp3) is 0.480. The van der Waals surface area contributed by atoms with Crippen LogP contribution in [-0.4, -0.2) is 18.2 Å². The Morgan fingerprint density at radius 2 is 2.07 bits per heavy atom. The first kappa shape index (κ1) is 20.8. The van der Waals surface area contributed by atoms with Gasteiger partial charge in [-0.15, -0.1) is 11.3 Å². The molecule has 1 atom stereocenters. The fourth-order valence-electron chi connectivity index (χ4n) is 4.51. The van der Waals surface area contributed by atoms with Gasteiger partial charge in [-0.3, -0.25) is 4.79 Å². The average Bonchev–Trinajstić information content (AvgIpc) is 3.20. The highest BCUT2D eigenvalue weighted by molar-refractivity contribution is 7.16. The van der Waals surface area contributed by atoms with Gasteiger partial charge in [0.25, 0.3) is 5.91 Å². The molecule has 1 amide bonds. The lowest BCUT2D eigenvalue weighted by molar-refractivity contribution is -0.112. The first-order valence-electron chi connectivity index (χ1n) is 10.9. The molecule has 4 rings (SSSR count). The summed E-state index contributed by atoms with van der Waals surface area (Å²) in [6.07, 6.45) is 5.01. The molecule has 0 fully saturated rings. The third-order valence-electron chi connectivity index (χ3n) is 6.43. The normalized spacial score (nSPS) is 19.7. The monoisotopic (exact) mass is 419 g/mol. The van der Waals surface area contributed by atoms with Crippen molar-refractivity contribution in [2.45, 2.75) is 59.8 Å². The molecule has 0 saturated carbocycles. The van der Waals surface area contributed by atoms with Crippen molar-refractivity contribution in [3.63, 3.8) is 0 Å². The van der Waals surface area contributed by atoms with Crippen LogP contribution < -0.4 is 4.90 Å². The predicted octanol–water partition coefficient (Wildman–Crippen LogP) is 6.04. The van der Waals surface area contributed by atoms with Crippen molar-refractivity contribution in [1.29, 1.82) is 5.26 Å². The Balaban J connectivity index is 1.75. The molecule has 0 saturated heterocycles. The number of rotatable bonds is 4.